The molecule has 264 valence electrons. The summed E-state index contributed by atoms with van der Waals surface area (Å²) < 4.78 is 30.7. The van der Waals surface area contributed by atoms with Crippen molar-refractivity contribution in [2.45, 2.75) is 71.8 Å². The molecule has 8 nitrogen and oxygen atoms in total. The van der Waals surface area contributed by atoms with Crippen molar-refractivity contribution in [3.63, 3.8) is 0 Å². The molecule has 0 aliphatic carbocycles. The lowest BCUT2D eigenvalue weighted by Crippen LogP contribution is -2.49. The van der Waals surface area contributed by atoms with E-state index in [9.17, 15) is 14.3 Å². The summed E-state index contributed by atoms with van der Waals surface area (Å²) in [5, 5.41) is 18.4. The van der Waals surface area contributed by atoms with E-state index >= 15 is 0 Å². The molecule has 5 atom stereocenters. The molecular weight excluding hydrogens is 633 g/mol. The van der Waals surface area contributed by atoms with E-state index in [-0.39, 0.29) is 49.2 Å². The number of nitrogens with one attached hydrogen (secondary N) is 2. The summed E-state index contributed by atoms with van der Waals surface area (Å²) >= 11 is 6.02. The zero-order valence-electron chi connectivity index (χ0n) is 28.9. The van der Waals surface area contributed by atoms with Gasteiger partial charge in [0.15, 0.2) is 0 Å². The van der Waals surface area contributed by atoms with Crippen molar-refractivity contribution in [1.29, 1.82) is 0 Å². The average Bonchev–Trinajstić information content (AvgIpc) is 3.08. The Balaban J connectivity index is 1.57. The van der Waals surface area contributed by atoms with E-state index in [0.29, 0.717) is 30.5 Å². The molecule has 0 radical (unpaired) electrons. The molecule has 0 heterocycles. The Kier molecular flexibility index (Phi) is 16.6. The second-order valence-corrected chi connectivity index (χ2v) is 13.2. The molecule has 3 aromatic rings. The minimum Gasteiger partial charge on any atom is -0.493 e. The number of rotatable bonds is 21. The second kappa shape index (κ2) is 20.3. The van der Waals surface area contributed by atoms with Crippen LogP contribution in [0.3, 0.4) is 0 Å². The van der Waals surface area contributed by atoms with Gasteiger partial charge in [-0.3, -0.25) is 4.79 Å². The molecule has 0 aliphatic rings. The smallest absolute Gasteiger partial charge is 0.223 e. The molecule has 0 aliphatic heterocycles. The number of benzene rings is 3. The number of hydrogen-bond donors (Lipinski definition) is 4. The number of methoxy groups -OCH3 is 1. The lowest BCUT2D eigenvalue weighted by atomic mass is 9.86. The highest BCUT2D eigenvalue weighted by Gasteiger charge is 2.30. The van der Waals surface area contributed by atoms with Crippen molar-refractivity contribution in [2.24, 2.45) is 23.5 Å². The number of carbonyl (C=O) groups excluding carboxylic acids is 1. The zero-order chi connectivity index (χ0) is 35.1. The van der Waals surface area contributed by atoms with Crippen molar-refractivity contribution >= 4 is 23.2 Å². The SMILES string of the molecule is CC[C@H](C)[C@@H](CNc1ccc(Cl)cc1)NC(=O)[C@@H](C[C@H](O)[C@@H](N)COCc1ccc(-c2ccc(F)cc2)c(OCCCOC)c1)C(C)C. The molecule has 0 saturated carbocycles. The van der Waals surface area contributed by atoms with Gasteiger partial charge in [0.2, 0.25) is 5.91 Å². The first-order valence-corrected chi connectivity index (χ1v) is 17.2. The Hall–Kier alpha value is -3.21. The van der Waals surface area contributed by atoms with Crippen LogP contribution in [-0.4, -0.2) is 62.7 Å². The fourth-order valence-electron chi connectivity index (χ4n) is 5.33. The fraction of sp³-hybridized carbons (Fsp3) is 0.500. The van der Waals surface area contributed by atoms with Crippen molar-refractivity contribution in [3.8, 4) is 16.9 Å². The second-order valence-electron chi connectivity index (χ2n) is 12.8. The van der Waals surface area contributed by atoms with Crippen LogP contribution in [-0.2, 0) is 20.9 Å². The van der Waals surface area contributed by atoms with E-state index in [1.165, 1.54) is 12.1 Å². The van der Waals surface area contributed by atoms with Crippen LogP contribution in [0.25, 0.3) is 11.1 Å². The molecule has 0 fully saturated rings. The first-order valence-electron chi connectivity index (χ1n) is 16.8. The predicted octanol–water partition coefficient (Wildman–Crippen LogP) is 7.07. The van der Waals surface area contributed by atoms with Gasteiger partial charge in [-0.2, -0.15) is 0 Å². The maximum atomic E-state index is 13.5. The van der Waals surface area contributed by atoms with Crippen LogP contribution in [0.15, 0.2) is 66.7 Å². The monoisotopic (exact) mass is 685 g/mol. The van der Waals surface area contributed by atoms with Gasteiger partial charge in [0.1, 0.15) is 11.6 Å². The average molecular weight is 686 g/mol. The quantitative estimate of drug-likeness (QED) is 0.0887. The van der Waals surface area contributed by atoms with E-state index in [2.05, 4.69) is 24.5 Å². The topological polar surface area (TPSA) is 115 Å². The van der Waals surface area contributed by atoms with Crippen LogP contribution in [0.4, 0.5) is 10.1 Å². The van der Waals surface area contributed by atoms with E-state index in [0.717, 1.165) is 35.2 Å². The Morgan fingerprint density at radius 3 is 2.38 bits per heavy atom. The van der Waals surface area contributed by atoms with Crippen molar-refractivity contribution in [3.05, 3.63) is 83.1 Å². The number of ether oxygens (including phenoxy) is 3. The number of aliphatic hydroxyl groups is 1. The van der Waals surface area contributed by atoms with Crippen molar-refractivity contribution < 1.29 is 28.5 Å². The minimum absolute atomic E-state index is 0.00323. The third kappa shape index (κ3) is 12.7. The Morgan fingerprint density at radius 1 is 1.02 bits per heavy atom. The fourth-order valence-corrected chi connectivity index (χ4v) is 5.46. The van der Waals surface area contributed by atoms with Crippen LogP contribution < -0.4 is 21.1 Å². The number of carbonyl (C=O) groups is 1. The normalized spacial score (nSPS) is 14.6. The van der Waals surface area contributed by atoms with Gasteiger partial charge in [-0.1, -0.05) is 70.0 Å². The zero-order valence-corrected chi connectivity index (χ0v) is 29.6. The first-order chi connectivity index (χ1) is 23.0. The summed E-state index contributed by atoms with van der Waals surface area (Å²) in [4.78, 5) is 13.5. The van der Waals surface area contributed by atoms with Gasteiger partial charge in [-0.25, -0.2) is 4.39 Å². The molecule has 0 unspecified atom stereocenters. The summed E-state index contributed by atoms with van der Waals surface area (Å²) in [5.41, 5.74) is 9.85. The molecular formula is C38H53ClFN3O5. The molecule has 10 heteroatoms. The summed E-state index contributed by atoms with van der Waals surface area (Å²) in [5.74, 6) is 0.0697. The lowest BCUT2D eigenvalue weighted by Gasteiger charge is -2.30. The Morgan fingerprint density at radius 2 is 1.73 bits per heavy atom. The standard InChI is InChI=1S/C38H53ClFN3O5/c1-6-26(4)35(22-42-31-15-11-29(39)12-16-31)43-38(45)33(25(2)3)21-36(44)34(41)24-47-23-27-8-17-32(28-9-13-30(40)14-10-28)37(20-27)48-19-7-18-46-5/h8-17,20,25-26,33-36,42,44H,6-7,18-19,21-24,41H2,1-5H3,(H,43,45)/t26-,33-,34-,35+,36-/m0/s1. The summed E-state index contributed by atoms with van der Waals surface area (Å²) in [6.45, 7) is 10.1. The number of nitrogens with two attached hydrogens (primary N) is 1. The van der Waals surface area contributed by atoms with E-state index in [1.54, 1.807) is 19.2 Å². The molecule has 0 aromatic heterocycles. The third-order valence-electron chi connectivity index (χ3n) is 8.69. The van der Waals surface area contributed by atoms with Crippen LogP contribution in [0, 0.1) is 23.6 Å². The predicted molar refractivity (Wildman–Crippen MR) is 192 cm³/mol. The van der Waals surface area contributed by atoms with E-state index in [4.69, 9.17) is 31.5 Å². The molecule has 3 aromatic carbocycles. The Bertz CT molecular complexity index is 1380. The molecule has 1 amide bonds. The van der Waals surface area contributed by atoms with Crippen molar-refractivity contribution in [2.75, 3.05) is 38.8 Å². The molecule has 3 rings (SSSR count). The summed E-state index contributed by atoms with van der Waals surface area (Å²) in [6, 6.07) is 18.7. The van der Waals surface area contributed by atoms with Crippen molar-refractivity contribution in [1.82, 2.24) is 5.32 Å². The largest absolute Gasteiger partial charge is 0.493 e. The van der Waals surface area contributed by atoms with Gasteiger partial charge < -0.3 is 35.7 Å². The highest BCUT2D eigenvalue weighted by atomic mass is 35.5. The van der Waals surface area contributed by atoms with Crippen LogP contribution in [0.2, 0.25) is 5.02 Å². The molecule has 0 saturated heterocycles. The summed E-state index contributed by atoms with van der Waals surface area (Å²) in [6.07, 6.45) is 0.914. The van der Waals surface area contributed by atoms with Crippen LogP contribution in [0.1, 0.15) is 52.5 Å². The third-order valence-corrected chi connectivity index (χ3v) is 8.94. The maximum absolute atomic E-state index is 13.5. The lowest BCUT2D eigenvalue weighted by molar-refractivity contribution is -0.128. The van der Waals surface area contributed by atoms with Gasteiger partial charge in [0, 0.05) is 54.9 Å². The van der Waals surface area contributed by atoms with E-state index < -0.39 is 18.1 Å². The van der Waals surface area contributed by atoms with Crippen LogP contribution >= 0.6 is 11.6 Å². The highest BCUT2D eigenvalue weighted by Crippen LogP contribution is 2.32. The van der Waals surface area contributed by atoms with Gasteiger partial charge >= 0.3 is 0 Å². The number of aliphatic hydroxyl groups excluding tert-OH is 1. The van der Waals surface area contributed by atoms with Crippen LogP contribution in [0.5, 0.6) is 5.75 Å². The molecule has 48 heavy (non-hydrogen) atoms. The number of amides is 1. The Labute approximate surface area is 290 Å². The number of hydrogen-bond acceptors (Lipinski definition) is 7. The highest BCUT2D eigenvalue weighted by molar-refractivity contribution is 6.30. The minimum atomic E-state index is -0.932. The summed E-state index contributed by atoms with van der Waals surface area (Å²) in [7, 11) is 1.65. The molecule has 0 spiro atoms. The van der Waals surface area contributed by atoms with Gasteiger partial charge in [-0.15, -0.1) is 0 Å². The molecule has 0 bridgehead atoms. The molecule has 5 N–H and O–H groups in total. The number of anilines is 1. The maximum Gasteiger partial charge on any atom is 0.223 e. The van der Waals surface area contributed by atoms with Gasteiger partial charge in [-0.05, 0) is 71.8 Å². The number of halogens is 2. The van der Waals surface area contributed by atoms with Gasteiger partial charge in [0.05, 0.1) is 32.0 Å². The first kappa shape index (κ1) is 39.2. The van der Waals surface area contributed by atoms with E-state index in [1.807, 2.05) is 56.3 Å². The van der Waals surface area contributed by atoms with Gasteiger partial charge in [0.25, 0.3) is 0 Å².